The lowest BCUT2D eigenvalue weighted by atomic mass is 9.89. The molecule has 2 atom stereocenters. The lowest BCUT2D eigenvalue weighted by Crippen LogP contribution is -2.24. The Morgan fingerprint density at radius 1 is 1.50 bits per heavy atom. The van der Waals surface area contributed by atoms with Crippen LogP contribution < -0.4 is 5.32 Å². The normalized spacial score (nSPS) is 25.2. The predicted molar refractivity (Wildman–Crippen MR) is 64.0 cm³/mol. The zero-order chi connectivity index (χ0) is 12.0. The molecule has 2 unspecified atom stereocenters. The summed E-state index contributed by atoms with van der Waals surface area (Å²) < 4.78 is 0. The summed E-state index contributed by atoms with van der Waals surface area (Å²) in [6, 6.07) is 0. The molecule has 90 valence electrons. The number of hydrogen-bond donors (Lipinski definition) is 1. The van der Waals surface area contributed by atoms with Crippen LogP contribution in [0.2, 0.25) is 0 Å². The van der Waals surface area contributed by atoms with E-state index in [1.54, 1.807) is 7.05 Å². The Kier molecular flexibility index (Phi) is 5.23. The van der Waals surface area contributed by atoms with Crippen molar-refractivity contribution in [2.24, 2.45) is 11.8 Å². The molecule has 0 aromatic rings. The fraction of sp³-hybridized carbons (Fsp3) is 0.692. The molecular formula is C13H21NO2. The van der Waals surface area contributed by atoms with E-state index in [1.807, 2.05) is 0 Å². The van der Waals surface area contributed by atoms with Crippen molar-refractivity contribution in [3.63, 3.8) is 0 Å². The van der Waals surface area contributed by atoms with Gasteiger partial charge in [0.15, 0.2) is 0 Å². The van der Waals surface area contributed by atoms with Crippen LogP contribution in [0.15, 0.2) is 12.2 Å². The molecule has 1 N–H and O–H groups in total. The molecule has 0 spiro atoms. The maximum Gasteiger partial charge on any atom is 0.220 e. The Morgan fingerprint density at radius 2 is 2.25 bits per heavy atom. The van der Waals surface area contributed by atoms with Gasteiger partial charge in [0.05, 0.1) is 0 Å². The number of allylic oxidation sites excluding steroid dienone is 2. The monoisotopic (exact) mass is 223 g/mol. The molecule has 1 saturated carbocycles. The molecule has 16 heavy (non-hydrogen) atoms. The first kappa shape index (κ1) is 12.9. The predicted octanol–water partition coefficient (Wildman–Crippen LogP) is 2.07. The van der Waals surface area contributed by atoms with Crippen LogP contribution in [0.1, 0.15) is 39.0 Å². The van der Waals surface area contributed by atoms with E-state index >= 15 is 0 Å². The van der Waals surface area contributed by atoms with E-state index in [0.29, 0.717) is 18.6 Å². The van der Waals surface area contributed by atoms with E-state index in [2.05, 4.69) is 24.4 Å². The van der Waals surface area contributed by atoms with Gasteiger partial charge in [0, 0.05) is 25.8 Å². The molecule has 1 rings (SSSR count). The van der Waals surface area contributed by atoms with Gasteiger partial charge in [-0.3, -0.25) is 9.59 Å². The minimum Gasteiger partial charge on any atom is -0.359 e. The summed E-state index contributed by atoms with van der Waals surface area (Å²) in [7, 11) is 1.64. The summed E-state index contributed by atoms with van der Waals surface area (Å²) in [5, 5.41) is 2.63. The summed E-state index contributed by atoms with van der Waals surface area (Å²) in [5.41, 5.74) is 0. The molecule has 0 aromatic carbocycles. The van der Waals surface area contributed by atoms with Crippen molar-refractivity contribution in [3.8, 4) is 0 Å². The van der Waals surface area contributed by atoms with E-state index in [9.17, 15) is 9.59 Å². The second kappa shape index (κ2) is 6.46. The lowest BCUT2D eigenvalue weighted by Gasteiger charge is -2.15. The van der Waals surface area contributed by atoms with Crippen molar-refractivity contribution < 1.29 is 9.59 Å². The number of amides is 1. The minimum absolute atomic E-state index is 0.0455. The van der Waals surface area contributed by atoms with Crippen LogP contribution in [0.5, 0.6) is 0 Å². The molecule has 3 nitrogen and oxygen atoms in total. The number of ketones is 1. The fourth-order valence-electron chi connectivity index (χ4n) is 2.30. The number of nitrogens with one attached hydrogen (secondary N) is 1. The molecule has 1 fully saturated rings. The van der Waals surface area contributed by atoms with Gasteiger partial charge in [-0.2, -0.15) is 0 Å². The lowest BCUT2D eigenvalue weighted by molar-refractivity contribution is -0.123. The number of carbonyl (C=O) groups excluding carboxylic acids is 2. The van der Waals surface area contributed by atoms with Gasteiger partial charge in [0.1, 0.15) is 5.78 Å². The highest BCUT2D eigenvalue weighted by atomic mass is 16.1. The van der Waals surface area contributed by atoms with Crippen molar-refractivity contribution in [2.45, 2.75) is 39.0 Å². The zero-order valence-electron chi connectivity index (χ0n) is 10.2. The highest BCUT2D eigenvalue weighted by Gasteiger charge is 2.34. The number of rotatable bonds is 5. The molecule has 1 amide bonds. The smallest absolute Gasteiger partial charge is 0.220 e. The average molecular weight is 223 g/mol. The average Bonchev–Trinajstić information content (AvgIpc) is 2.61. The van der Waals surface area contributed by atoms with Gasteiger partial charge >= 0.3 is 0 Å². The van der Waals surface area contributed by atoms with Gasteiger partial charge in [-0.05, 0) is 25.2 Å². The Morgan fingerprint density at radius 3 is 2.88 bits per heavy atom. The van der Waals surface area contributed by atoms with Crippen LogP contribution >= 0.6 is 0 Å². The largest absolute Gasteiger partial charge is 0.359 e. The zero-order valence-corrected chi connectivity index (χ0v) is 10.2. The Hall–Kier alpha value is -1.12. The first-order chi connectivity index (χ1) is 7.69. The first-order valence-corrected chi connectivity index (χ1v) is 6.07. The molecule has 0 aromatic heterocycles. The highest BCUT2D eigenvalue weighted by Crippen LogP contribution is 2.33. The summed E-state index contributed by atoms with van der Waals surface area (Å²) >= 11 is 0. The standard InChI is InChI=1S/C13H21NO2/c1-3-4-5-6-11-10(7-8-12(11)15)9-13(16)14-2/h4-5,10-11H,3,6-9H2,1-2H3,(H,14,16)/b5-4+. The first-order valence-electron chi connectivity index (χ1n) is 6.07. The van der Waals surface area contributed by atoms with Crippen molar-refractivity contribution in [3.05, 3.63) is 12.2 Å². The van der Waals surface area contributed by atoms with E-state index in [1.165, 1.54) is 0 Å². The van der Waals surface area contributed by atoms with Gasteiger partial charge in [-0.15, -0.1) is 0 Å². The molecule has 0 saturated heterocycles. The van der Waals surface area contributed by atoms with Gasteiger partial charge in [0.2, 0.25) is 5.91 Å². The van der Waals surface area contributed by atoms with Crippen molar-refractivity contribution in [2.75, 3.05) is 7.05 Å². The topological polar surface area (TPSA) is 46.2 Å². The van der Waals surface area contributed by atoms with E-state index < -0.39 is 0 Å². The quantitative estimate of drug-likeness (QED) is 0.725. The second-order valence-electron chi connectivity index (χ2n) is 4.36. The summed E-state index contributed by atoms with van der Waals surface area (Å²) in [4.78, 5) is 23.0. The third-order valence-corrected chi connectivity index (χ3v) is 3.26. The molecule has 0 heterocycles. The highest BCUT2D eigenvalue weighted by molar-refractivity contribution is 5.85. The van der Waals surface area contributed by atoms with E-state index in [-0.39, 0.29) is 17.7 Å². The summed E-state index contributed by atoms with van der Waals surface area (Å²) in [6.07, 6.45) is 7.97. The van der Waals surface area contributed by atoms with Crippen LogP contribution in [0.3, 0.4) is 0 Å². The van der Waals surface area contributed by atoms with E-state index in [0.717, 1.165) is 19.3 Å². The van der Waals surface area contributed by atoms with Crippen molar-refractivity contribution in [1.29, 1.82) is 0 Å². The Bertz CT molecular complexity index is 284. The third kappa shape index (κ3) is 3.47. The van der Waals surface area contributed by atoms with Gasteiger partial charge < -0.3 is 5.32 Å². The molecule has 1 aliphatic carbocycles. The molecule has 0 aliphatic heterocycles. The van der Waals surface area contributed by atoms with Crippen molar-refractivity contribution >= 4 is 11.7 Å². The van der Waals surface area contributed by atoms with Gasteiger partial charge in [-0.1, -0.05) is 19.1 Å². The Balaban J connectivity index is 2.52. The third-order valence-electron chi connectivity index (χ3n) is 3.26. The Labute approximate surface area is 97.3 Å². The second-order valence-corrected chi connectivity index (χ2v) is 4.36. The summed E-state index contributed by atoms with van der Waals surface area (Å²) in [6.45, 7) is 2.08. The number of carbonyl (C=O) groups is 2. The number of Topliss-reactive ketones (excluding diaryl/α,β-unsaturated/α-hetero) is 1. The van der Waals surface area contributed by atoms with Crippen molar-refractivity contribution in [1.82, 2.24) is 5.32 Å². The number of hydrogen-bond acceptors (Lipinski definition) is 2. The van der Waals surface area contributed by atoms with Crippen LogP contribution in [0, 0.1) is 11.8 Å². The molecule has 3 heteroatoms. The van der Waals surface area contributed by atoms with Crippen LogP contribution in [0.25, 0.3) is 0 Å². The minimum atomic E-state index is 0.0455. The SMILES string of the molecule is CC/C=C/CC1C(=O)CCC1CC(=O)NC. The van der Waals surface area contributed by atoms with Gasteiger partial charge in [-0.25, -0.2) is 0 Å². The van der Waals surface area contributed by atoms with Crippen LogP contribution in [-0.4, -0.2) is 18.7 Å². The van der Waals surface area contributed by atoms with E-state index in [4.69, 9.17) is 0 Å². The van der Waals surface area contributed by atoms with Gasteiger partial charge in [0.25, 0.3) is 0 Å². The maximum absolute atomic E-state index is 11.7. The molecule has 0 bridgehead atoms. The van der Waals surface area contributed by atoms with Crippen LogP contribution in [0.4, 0.5) is 0 Å². The molecular weight excluding hydrogens is 202 g/mol. The maximum atomic E-state index is 11.7. The van der Waals surface area contributed by atoms with Crippen LogP contribution in [-0.2, 0) is 9.59 Å². The molecule has 1 aliphatic rings. The fourth-order valence-corrected chi connectivity index (χ4v) is 2.30. The summed E-state index contributed by atoms with van der Waals surface area (Å²) in [5.74, 6) is 0.688. The molecule has 0 radical (unpaired) electrons.